The molecular weight excluding hydrogens is 314 g/mol. The summed E-state index contributed by atoms with van der Waals surface area (Å²) in [5, 5.41) is 10.2. The van der Waals surface area contributed by atoms with Crippen LogP contribution in [0.2, 0.25) is 5.15 Å². The van der Waals surface area contributed by atoms with Crippen LogP contribution < -0.4 is 0 Å². The van der Waals surface area contributed by atoms with E-state index in [9.17, 15) is 10.1 Å². The van der Waals surface area contributed by atoms with Gasteiger partial charge < -0.3 is 9.64 Å². The van der Waals surface area contributed by atoms with E-state index in [0.29, 0.717) is 31.1 Å². The van der Waals surface area contributed by atoms with Gasteiger partial charge in [0.2, 0.25) is 0 Å². The molecule has 2 rings (SSSR count). The lowest BCUT2D eigenvalue weighted by Crippen LogP contribution is -2.38. The maximum absolute atomic E-state index is 12.2. The number of hydrogen-bond acceptors (Lipinski definition) is 4. The normalized spacial score (nSPS) is 22.1. The lowest BCUT2D eigenvalue weighted by atomic mass is 9.76. The van der Waals surface area contributed by atoms with Gasteiger partial charge in [0.25, 0.3) is 0 Å². The number of nitriles is 1. The zero-order valence-corrected chi connectivity index (χ0v) is 14.6. The molecule has 0 radical (unpaired) electrons. The molecule has 1 atom stereocenters. The van der Waals surface area contributed by atoms with Crippen LogP contribution in [0.5, 0.6) is 0 Å². The maximum atomic E-state index is 12.2. The molecule has 1 aliphatic heterocycles. The van der Waals surface area contributed by atoms with Crippen LogP contribution in [0.15, 0.2) is 18.3 Å². The van der Waals surface area contributed by atoms with Crippen LogP contribution in [-0.2, 0) is 10.2 Å². The second kappa shape index (κ2) is 6.76. The van der Waals surface area contributed by atoms with Gasteiger partial charge in [-0.15, -0.1) is 0 Å². The summed E-state index contributed by atoms with van der Waals surface area (Å²) in [5.41, 5.74) is -0.288. The molecule has 124 valence electrons. The van der Waals surface area contributed by atoms with Crippen LogP contribution in [0.3, 0.4) is 0 Å². The van der Waals surface area contributed by atoms with Crippen LogP contribution in [-0.4, -0.2) is 34.7 Å². The van der Waals surface area contributed by atoms with E-state index in [2.05, 4.69) is 11.1 Å². The number of carbonyl (C=O) groups is 1. The van der Waals surface area contributed by atoms with Gasteiger partial charge in [0, 0.05) is 19.3 Å². The SMILES string of the molecule is CC(C)(C)OC(=O)N1CCCC(C#N)(c2ccnc(Cl)c2)CC1. The van der Waals surface area contributed by atoms with Gasteiger partial charge in [-0.25, -0.2) is 9.78 Å². The Bertz CT molecular complexity index is 621. The van der Waals surface area contributed by atoms with Gasteiger partial charge in [0.05, 0.1) is 11.5 Å². The van der Waals surface area contributed by atoms with Crippen LogP contribution in [0.25, 0.3) is 0 Å². The van der Waals surface area contributed by atoms with E-state index >= 15 is 0 Å². The largest absolute Gasteiger partial charge is 0.444 e. The molecule has 2 heterocycles. The number of amides is 1. The number of carbonyl (C=O) groups excluding carboxylic acids is 1. The summed E-state index contributed by atoms with van der Waals surface area (Å²) in [6.07, 6.45) is 3.28. The second-order valence-corrected chi connectivity index (χ2v) is 7.27. The lowest BCUT2D eigenvalue weighted by Gasteiger charge is -2.27. The number of hydrogen-bond donors (Lipinski definition) is 0. The van der Waals surface area contributed by atoms with Crippen molar-refractivity contribution in [1.29, 1.82) is 5.26 Å². The Morgan fingerprint density at radius 2 is 2.17 bits per heavy atom. The molecule has 1 amide bonds. The molecule has 0 aromatic carbocycles. The molecule has 0 bridgehead atoms. The second-order valence-electron chi connectivity index (χ2n) is 6.88. The summed E-state index contributed by atoms with van der Waals surface area (Å²) in [5.74, 6) is 0. The predicted octanol–water partition coefficient (Wildman–Crippen LogP) is 3.92. The Kier molecular flexibility index (Phi) is 5.16. The van der Waals surface area contributed by atoms with Crippen LogP contribution in [0.4, 0.5) is 4.79 Å². The van der Waals surface area contributed by atoms with Gasteiger partial charge in [-0.2, -0.15) is 5.26 Å². The Labute approximate surface area is 142 Å². The highest BCUT2D eigenvalue weighted by atomic mass is 35.5. The van der Waals surface area contributed by atoms with E-state index in [1.807, 2.05) is 26.8 Å². The van der Waals surface area contributed by atoms with Gasteiger partial charge in [0.1, 0.15) is 10.8 Å². The van der Waals surface area contributed by atoms with E-state index < -0.39 is 11.0 Å². The molecule has 1 aliphatic rings. The number of nitrogens with zero attached hydrogens (tertiary/aromatic N) is 3. The van der Waals surface area contributed by atoms with Gasteiger partial charge in [-0.3, -0.25) is 0 Å². The highest BCUT2D eigenvalue weighted by molar-refractivity contribution is 6.29. The van der Waals surface area contributed by atoms with Crippen molar-refractivity contribution in [2.24, 2.45) is 0 Å². The van der Waals surface area contributed by atoms with E-state index in [4.69, 9.17) is 16.3 Å². The third kappa shape index (κ3) is 4.35. The van der Waals surface area contributed by atoms with Crippen molar-refractivity contribution in [1.82, 2.24) is 9.88 Å². The van der Waals surface area contributed by atoms with Crippen molar-refractivity contribution in [3.05, 3.63) is 29.0 Å². The summed E-state index contributed by atoms with van der Waals surface area (Å²) in [6.45, 7) is 6.63. The minimum Gasteiger partial charge on any atom is -0.444 e. The van der Waals surface area contributed by atoms with Crippen LogP contribution in [0, 0.1) is 11.3 Å². The first kappa shape index (κ1) is 17.6. The first-order valence-electron chi connectivity index (χ1n) is 7.77. The Balaban J connectivity index is 2.16. The van der Waals surface area contributed by atoms with E-state index in [0.717, 1.165) is 12.0 Å². The molecule has 5 nitrogen and oxygen atoms in total. The highest BCUT2D eigenvalue weighted by Crippen LogP contribution is 2.35. The van der Waals surface area contributed by atoms with Crippen molar-refractivity contribution in [3.8, 4) is 6.07 Å². The van der Waals surface area contributed by atoms with Gasteiger partial charge in [0.15, 0.2) is 0 Å². The van der Waals surface area contributed by atoms with Crippen molar-refractivity contribution in [3.63, 3.8) is 0 Å². The molecule has 23 heavy (non-hydrogen) atoms. The maximum Gasteiger partial charge on any atom is 0.410 e. The number of ether oxygens (including phenoxy) is 1. The Morgan fingerprint density at radius 3 is 2.78 bits per heavy atom. The molecule has 1 saturated heterocycles. The van der Waals surface area contributed by atoms with Crippen LogP contribution >= 0.6 is 11.6 Å². The molecule has 1 aromatic heterocycles. The zero-order valence-electron chi connectivity index (χ0n) is 13.8. The molecule has 1 fully saturated rings. The highest BCUT2D eigenvalue weighted by Gasteiger charge is 2.36. The fourth-order valence-electron chi connectivity index (χ4n) is 2.81. The number of rotatable bonds is 1. The number of likely N-dealkylation sites (tertiary alicyclic amines) is 1. The summed E-state index contributed by atoms with van der Waals surface area (Å²) in [4.78, 5) is 17.9. The average Bonchev–Trinajstić information content (AvgIpc) is 2.69. The first-order valence-corrected chi connectivity index (χ1v) is 8.15. The van der Waals surface area contributed by atoms with Crippen molar-refractivity contribution >= 4 is 17.7 Å². The van der Waals surface area contributed by atoms with Gasteiger partial charge >= 0.3 is 6.09 Å². The Morgan fingerprint density at radius 1 is 1.43 bits per heavy atom. The summed E-state index contributed by atoms with van der Waals surface area (Å²) in [6, 6.07) is 6.02. The summed E-state index contributed by atoms with van der Waals surface area (Å²) < 4.78 is 5.43. The zero-order chi connectivity index (χ0) is 17.1. The third-order valence-electron chi connectivity index (χ3n) is 3.98. The number of aromatic nitrogens is 1. The monoisotopic (exact) mass is 335 g/mol. The van der Waals surface area contributed by atoms with Gasteiger partial charge in [-0.05, 0) is 57.7 Å². The lowest BCUT2D eigenvalue weighted by molar-refractivity contribution is 0.0255. The molecule has 6 heteroatoms. The molecular formula is C17H22ClN3O2. The third-order valence-corrected chi connectivity index (χ3v) is 4.19. The molecule has 1 aromatic rings. The topological polar surface area (TPSA) is 66.2 Å². The van der Waals surface area contributed by atoms with E-state index in [-0.39, 0.29) is 6.09 Å². The standard InChI is InChI=1S/C17H22ClN3O2/c1-16(2,3)23-15(22)21-9-4-6-17(12-19,7-10-21)13-5-8-20-14(18)11-13/h5,8,11H,4,6-7,9-10H2,1-3H3. The summed E-state index contributed by atoms with van der Waals surface area (Å²) >= 11 is 5.97. The quantitative estimate of drug-likeness (QED) is 0.729. The molecule has 0 aliphatic carbocycles. The predicted molar refractivity (Wildman–Crippen MR) is 88.2 cm³/mol. The number of pyridine rings is 1. The summed E-state index contributed by atoms with van der Waals surface area (Å²) in [7, 11) is 0. The first-order chi connectivity index (χ1) is 10.8. The fourth-order valence-corrected chi connectivity index (χ4v) is 2.98. The Hall–Kier alpha value is -1.80. The van der Waals surface area contributed by atoms with Crippen LogP contribution in [0.1, 0.15) is 45.6 Å². The van der Waals surface area contributed by atoms with Gasteiger partial charge in [-0.1, -0.05) is 11.6 Å². The molecule has 0 spiro atoms. The fraction of sp³-hybridized carbons (Fsp3) is 0.588. The smallest absolute Gasteiger partial charge is 0.410 e. The minimum atomic E-state index is -0.636. The average molecular weight is 336 g/mol. The molecule has 0 N–H and O–H groups in total. The van der Waals surface area contributed by atoms with Crippen molar-refractivity contribution < 1.29 is 9.53 Å². The van der Waals surface area contributed by atoms with E-state index in [1.54, 1.807) is 17.2 Å². The van der Waals surface area contributed by atoms with Crippen molar-refractivity contribution in [2.45, 2.75) is 51.0 Å². The number of halogens is 1. The van der Waals surface area contributed by atoms with Crippen molar-refractivity contribution in [2.75, 3.05) is 13.1 Å². The molecule has 0 saturated carbocycles. The van der Waals surface area contributed by atoms with E-state index in [1.165, 1.54) is 0 Å². The molecule has 1 unspecified atom stereocenters. The minimum absolute atomic E-state index is 0.320.